The van der Waals surface area contributed by atoms with Crippen molar-refractivity contribution in [3.05, 3.63) is 35.9 Å². The van der Waals surface area contributed by atoms with Gasteiger partial charge in [-0.05, 0) is 18.4 Å². The molecule has 2 aliphatic heterocycles. The Bertz CT molecular complexity index is 584. The van der Waals surface area contributed by atoms with Crippen LogP contribution < -0.4 is 0 Å². The third-order valence-corrected chi connectivity index (χ3v) is 4.74. The van der Waals surface area contributed by atoms with Crippen LogP contribution in [-0.2, 0) is 14.4 Å². The van der Waals surface area contributed by atoms with Gasteiger partial charge in [-0.1, -0.05) is 36.8 Å². The molecule has 2 fully saturated rings. The molecule has 0 N–H and O–H groups in total. The number of amides is 3. The van der Waals surface area contributed by atoms with Crippen LogP contribution in [0.4, 0.5) is 0 Å². The zero-order valence-corrected chi connectivity index (χ0v) is 13.2. The summed E-state index contributed by atoms with van der Waals surface area (Å²) in [6.45, 7) is 1.27. The molecule has 0 bridgehead atoms. The Hall–Kier alpha value is -2.17. The van der Waals surface area contributed by atoms with Crippen LogP contribution in [0.5, 0.6) is 0 Å². The van der Waals surface area contributed by atoms with Gasteiger partial charge in [-0.15, -0.1) is 0 Å². The quantitative estimate of drug-likeness (QED) is 0.801. The largest absolute Gasteiger partial charge is 0.341 e. The van der Waals surface area contributed by atoms with Crippen molar-refractivity contribution in [3.8, 4) is 0 Å². The first-order chi connectivity index (χ1) is 11.1. The fraction of sp³-hybridized carbons (Fsp3) is 0.500. The van der Waals surface area contributed by atoms with Gasteiger partial charge in [-0.2, -0.15) is 0 Å². The smallest absolute Gasteiger partial charge is 0.242 e. The minimum Gasteiger partial charge on any atom is -0.341 e. The lowest BCUT2D eigenvalue weighted by molar-refractivity contribution is -0.145. The van der Waals surface area contributed by atoms with Crippen molar-refractivity contribution in [1.29, 1.82) is 0 Å². The van der Waals surface area contributed by atoms with E-state index in [2.05, 4.69) is 12.1 Å². The van der Waals surface area contributed by atoms with Crippen LogP contribution in [0.3, 0.4) is 0 Å². The van der Waals surface area contributed by atoms with Gasteiger partial charge in [0, 0.05) is 31.8 Å². The van der Waals surface area contributed by atoms with Crippen molar-refractivity contribution < 1.29 is 14.4 Å². The van der Waals surface area contributed by atoms with E-state index in [-0.39, 0.29) is 37.1 Å². The Morgan fingerprint density at radius 1 is 1.04 bits per heavy atom. The van der Waals surface area contributed by atoms with Gasteiger partial charge in [-0.3, -0.25) is 19.3 Å². The van der Waals surface area contributed by atoms with E-state index in [4.69, 9.17) is 0 Å². The van der Waals surface area contributed by atoms with E-state index in [1.165, 1.54) is 5.56 Å². The van der Waals surface area contributed by atoms with Gasteiger partial charge >= 0.3 is 0 Å². The summed E-state index contributed by atoms with van der Waals surface area (Å²) in [4.78, 5) is 38.9. The summed E-state index contributed by atoms with van der Waals surface area (Å²) in [5.74, 6) is -0.236. The van der Waals surface area contributed by atoms with Gasteiger partial charge < -0.3 is 4.90 Å². The molecule has 2 heterocycles. The van der Waals surface area contributed by atoms with Crippen molar-refractivity contribution in [2.75, 3.05) is 19.6 Å². The summed E-state index contributed by atoms with van der Waals surface area (Å²) >= 11 is 0. The number of nitrogens with zero attached hydrogens (tertiary/aromatic N) is 2. The maximum Gasteiger partial charge on any atom is 0.242 e. The summed E-state index contributed by atoms with van der Waals surface area (Å²) in [7, 11) is 0. The fourth-order valence-corrected chi connectivity index (χ4v) is 3.40. The Balaban J connectivity index is 1.67. The maximum absolute atomic E-state index is 12.6. The number of carbonyl (C=O) groups excluding carboxylic acids is 3. The molecule has 0 radical (unpaired) electrons. The van der Waals surface area contributed by atoms with E-state index in [0.717, 1.165) is 24.2 Å². The summed E-state index contributed by atoms with van der Waals surface area (Å²) in [6.07, 6.45) is 3.59. The predicted molar refractivity (Wildman–Crippen MR) is 85.6 cm³/mol. The Labute approximate surface area is 136 Å². The fourth-order valence-electron chi connectivity index (χ4n) is 3.40. The molecule has 23 heavy (non-hydrogen) atoms. The molecule has 1 unspecified atom stereocenters. The van der Waals surface area contributed by atoms with Gasteiger partial charge in [0.05, 0.1) is 0 Å². The van der Waals surface area contributed by atoms with Crippen molar-refractivity contribution >= 4 is 17.7 Å². The highest BCUT2D eigenvalue weighted by atomic mass is 16.2. The summed E-state index contributed by atoms with van der Waals surface area (Å²) in [5, 5.41) is 0. The Kier molecular flexibility index (Phi) is 4.74. The summed E-state index contributed by atoms with van der Waals surface area (Å²) in [6, 6.07) is 10.2. The van der Waals surface area contributed by atoms with Crippen LogP contribution in [0, 0.1) is 0 Å². The molecule has 0 spiro atoms. The first-order valence-electron chi connectivity index (χ1n) is 8.31. The lowest BCUT2D eigenvalue weighted by atomic mass is 9.94. The van der Waals surface area contributed by atoms with E-state index in [1.807, 2.05) is 23.1 Å². The lowest BCUT2D eigenvalue weighted by Gasteiger charge is -2.26. The Morgan fingerprint density at radius 2 is 1.74 bits per heavy atom. The highest BCUT2D eigenvalue weighted by molar-refractivity contribution is 6.04. The maximum atomic E-state index is 12.6. The van der Waals surface area contributed by atoms with E-state index in [9.17, 15) is 14.4 Å². The SMILES string of the molecule is O=C(CN1C(=O)CCC1=O)N1CCCCC(c2ccccc2)C1. The molecule has 3 amide bonds. The van der Waals surface area contributed by atoms with Crippen LogP contribution in [0.25, 0.3) is 0 Å². The van der Waals surface area contributed by atoms with Gasteiger partial charge in [0.25, 0.3) is 0 Å². The predicted octanol–water partition coefficient (Wildman–Crippen LogP) is 1.93. The van der Waals surface area contributed by atoms with E-state index in [1.54, 1.807) is 0 Å². The van der Waals surface area contributed by atoms with Crippen LogP contribution >= 0.6 is 0 Å². The first kappa shape index (κ1) is 15.7. The number of hydrogen-bond donors (Lipinski definition) is 0. The summed E-state index contributed by atoms with van der Waals surface area (Å²) < 4.78 is 0. The number of rotatable bonds is 3. The van der Waals surface area contributed by atoms with Crippen molar-refractivity contribution in [1.82, 2.24) is 9.80 Å². The third-order valence-electron chi connectivity index (χ3n) is 4.74. The minimum absolute atomic E-state index is 0.0980. The van der Waals surface area contributed by atoms with Crippen molar-refractivity contribution in [2.24, 2.45) is 0 Å². The molecular formula is C18H22N2O3. The second-order valence-electron chi connectivity index (χ2n) is 6.32. The van der Waals surface area contributed by atoms with E-state index < -0.39 is 0 Å². The molecule has 1 aromatic rings. The molecular weight excluding hydrogens is 292 g/mol. The molecule has 0 aromatic heterocycles. The van der Waals surface area contributed by atoms with Crippen LogP contribution in [-0.4, -0.2) is 47.2 Å². The number of hydrogen-bond acceptors (Lipinski definition) is 3. The summed E-state index contributed by atoms with van der Waals surface area (Å²) in [5.41, 5.74) is 1.25. The van der Waals surface area contributed by atoms with Gasteiger partial charge in [0.2, 0.25) is 17.7 Å². The lowest BCUT2D eigenvalue weighted by Crippen LogP contribution is -2.43. The number of carbonyl (C=O) groups is 3. The van der Waals surface area contributed by atoms with Gasteiger partial charge in [0.1, 0.15) is 6.54 Å². The highest BCUT2D eigenvalue weighted by Gasteiger charge is 2.32. The first-order valence-corrected chi connectivity index (χ1v) is 8.31. The Morgan fingerprint density at radius 3 is 2.43 bits per heavy atom. The minimum atomic E-state index is -0.224. The monoisotopic (exact) mass is 314 g/mol. The molecule has 3 rings (SSSR count). The molecule has 2 saturated heterocycles. The molecule has 5 heteroatoms. The van der Waals surface area contributed by atoms with Crippen LogP contribution in [0.2, 0.25) is 0 Å². The molecule has 0 saturated carbocycles. The molecule has 2 aliphatic rings. The second-order valence-corrected chi connectivity index (χ2v) is 6.32. The topological polar surface area (TPSA) is 57.7 Å². The second kappa shape index (κ2) is 6.94. The van der Waals surface area contributed by atoms with Crippen LogP contribution in [0.1, 0.15) is 43.6 Å². The zero-order chi connectivity index (χ0) is 16.2. The highest BCUT2D eigenvalue weighted by Crippen LogP contribution is 2.26. The van der Waals surface area contributed by atoms with Gasteiger partial charge in [-0.25, -0.2) is 0 Å². The average molecular weight is 314 g/mol. The normalized spacial score (nSPS) is 22.3. The number of benzene rings is 1. The molecule has 5 nitrogen and oxygen atoms in total. The number of likely N-dealkylation sites (tertiary alicyclic amines) is 2. The molecule has 1 atom stereocenters. The zero-order valence-electron chi connectivity index (χ0n) is 13.2. The van der Waals surface area contributed by atoms with E-state index in [0.29, 0.717) is 19.0 Å². The molecule has 0 aliphatic carbocycles. The van der Waals surface area contributed by atoms with Crippen LogP contribution in [0.15, 0.2) is 30.3 Å². The number of imide groups is 1. The van der Waals surface area contributed by atoms with Gasteiger partial charge in [0.15, 0.2) is 0 Å². The van der Waals surface area contributed by atoms with Crippen molar-refractivity contribution in [3.63, 3.8) is 0 Å². The third kappa shape index (κ3) is 3.60. The molecule has 122 valence electrons. The average Bonchev–Trinajstić information content (AvgIpc) is 2.79. The molecule has 1 aromatic carbocycles. The standard InChI is InChI=1S/C18H22N2O3/c21-16-9-10-17(22)20(16)13-18(23)19-11-5-4-8-15(12-19)14-6-2-1-3-7-14/h1-3,6-7,15H,4-5,8-13H2. The van der Waals surface area contributed by atoms with E-state index >= 15 is 0 Å². The van der Waals surface area contributed by atoms with Crippen molar-refractivity contribution in [2.45, 2.75) is 38.0 Å².